The number of hydrogen-bond donors (Lipinski definition) is 2. The number of hydrogen-bond acceptors (Lipinski definition) is 5. The van der Waals surface area contributed by atoms with Crippen LogP contribution in [0.3, 0.4) is 0 Å². The van der Waals surface area contributed by atoms with E-state index in [2.05, 4.69) is 59.1 Å². The first-order valence-corrected chi connectivity index (χ1v) is 15.6. The molecule has 2 N–H and O–H groups in total. The van der Waals surface area contributed by atoms with Crippen molar-refractivity contribution in [2.24, 2.45) is 0 Å². The topological polar surface area (TPSA) is 83.8 Å². The van der Waals surface area contributed by atoms with E-state index >= 15 is 0 Å². The number of carbonyl (C=O) groups is 2. The Balaban J connectivity index is 1.16. The zero-order valence-corrected chi connectivity index (χ0v) is 25.4. The molecule has 6 rings (SSSR count). The second-order valence-electron chi connectivity index (χ2n) is 12.0. The number of ketones is 1. The van der Waals surface area contributed by atoms with Crippen molar-refractivity contribution in [2.75, 3.05) is 19.6 Å². The van der Waals surface area contributed by atoms with Gasteiger partial charge in [0.1, 0.15) is 11.9 Å². The van der Waals surface area contributed by atoms with Crippen LogP contribution in [-0.2, 0) is 4.79 Å². The molecule has 1 aliphatic heterocycles. The Morgan fingerprint density at radius 3 is 2.37 bits per heavy atom. The van der Waals surface area contributed by atoms with E-state index in [9.17, 15) is 14.7 Å². The van der Waals surface area contributed by atoms with Gasteiger partial charge in [0.15, 0.2) is 0 Å². The lowest BCUT2D eigenvalue weighted by Gasteiger charge is -2.28. The number of benzene rings is 3. The van der Waals surface area contributed by atoms with Gasteiger partial charge in [0.25, 0.3) is 5.91 Å². The number of amides is 1. The highest BCUT2D eigenvalue weighted by molar-refractivity contribution is 6.42. The molecule has 1 amide bonds. The molecule has 0 radical (unpaired) electrons. The number of rotatable bonds is 11. The molecule has 1 saturated carbocycles. The van der Waals surface area contributed by atoms with Gasteiger partial charge in [-0.15, -0.1) is 0 Å². The lowest BCUT2D eigenvalue weighted by molar-refractivity contribution is -0.118. The largest absolute Gasteiger partial charge is 0.489 e. The molecular formula is C35H38ClN3O4. The minimum Gasteiger partial charge on any atom is -0.489 e. The molecular weight excluding hydrogens is 562 g/mol. The smallest absolute Gasteiger partial charge is 0.292 e. The molecule has 0 unspecified atom stereocenters. The Bertz CT molecular complexity index is 1620. The van der Waals surface area contributed by atoms with Crippen molar-refractivity contribution in [1.82, 2.24) is 14.8 Å². The highest BCUT2D eigenvalue weighted by Crippen LogP contribution is 2.34. The molecule has 4 aromatic rings. The molecule has 1 aromatic heterocycles. The van der Waals surface area contributed by atoms with Crippen molar-refractivity contribution in [1.29, 1.82) is 0 Å². The van der Waals surface area contributed by atoms with Crippen LogP contribution in [0.15, 0.2) is 72.9 Å². The fraction of sp³-hybridized carbons (Fsp3) is 0.371. The van der Waals surface area contributed by atoms with Gasteiger partial charge in [0.05, 0.1) is 17.2 Å². The van der Waals surface area contributed by atoms with Crippen LogP contribution in [0.25, 0.3) is 22.0 Å². The number of likely N-dealkylation sites (tertiary alicyclic amines) is 1. The zero-order valence-electron chi connectivity index (χ0n) is 24.6. The number of aliphatic hydroxyl groups excluding tert-OH is 1. The summed E-state index contributed by atoms with van der Waals surface area (Å²) in [5, 5.41) is 15.8. The Labute approximate surface area is 257 Å². The number of nitrogens with one attached hydrogen (secondary N) is 1. The summed E-state index contributed by atoms with van der Waals surface area (Å²) < 4.78 is 8.07. The third kappa shape index (κ3) is 6.64. The van der Waals surface area contributed by atoms with E-state index in [-0.39, 0.29) is 6.10 Å². The van der Waals surface area contributed by atoms with Crippen LogP contribution in [0, 0.1) is 0 Å². The molecule has 0 bridgehead atoms. The van der Waals surface area contributed by atoms with Gasteiger partial charge in [-0.05, 0) is 99.6 Å². The molecule has 8 heteroatoms. The minimum absolute atomic E-state index is 0.205. The molecule has 224 valence electrons. The van der Waals surface area contributed by atoms with Gasteiger partial charge in [-0.3, -0.25) is 9.59 Å². The Hall–Kier alpha value is -3.65. The number of aromatic nitrogens is 1. The van der Waals surface area contributed by atoms with Crippen LogP contribution in [0.5, 0.6) is 5.75 Å². The fourth-order valence-electron chi connectivity index (χ4n) is 5.84. The molecule has 1 aliphatic carbocycles. The van der Waals surface area contributed by atoms with Gasteiger partial charge < -0.3 is 24.6 Å². The van der Waals surface area contributed by atoms with Crippen molar-refractivity contribution in [3.8, 4) is 16.9 Å². The van der Waals surface area contributed by atoms with E-state index in [0.29, 0.717) is 34.5 Å². The van der Waals surface area contributed by atoms with Gasteiger partial charge in [-0.2, -0.15) is 0 Å². The molecule has 7 nitrogen and oxygen atoms in total. The van der Waals surface area contributed by atoms with E-state index in [1.807, 2.05) is 12.1 Å². The molecule has 2 atom stereocenters. The summed E-state index contributed by atoms with van der Waals surface area (Å²) in [6.07, 6.45) is 5.43. The maximum Gasteiger partial charge on any atom is 0.292 e. The average Bonchev–Trinajstić information content (AvgIpc) is 3.48. The predicted octanol–water partition coefficient (Wildman–Crippen LogP) is 6.58. The average molecular weight is 600 g/mol. The number of nitrogens with zero attached hydrogens (tertiary/aromatic N) is 2. The fourth-order valence-corrected chi connectivity index (χ4v) is 6.07. The van der Waals surface area contributed by atoms with Crippen molar-refractivity contribution >= 4 is 34.2 Å². The summed E-state index contributed by atoms with van der Waals surface area (Å²) in [5.41, 5.74) is 4.04. The van der Waals surface area contributed by atoms with Crippen LogP contribution in [0.2, 0.25) is 5.02 Å². The zero-order chi connectivity index (χ0) is 30.1. The van der Waals surface area contributed by atoms with Crippen molar-refractivity contribution in [2.45, 2.75) is 63.8 Å². The number of halogens is 1. The maximum absolute atomic E-state index is 13.2. The van der Waals surface area contributed by atoms with Crippen molar-refractivity contribution in [3.63, 3.8) is 0 Å². The predicted molar refractivity (Wildman–Crippen MR) is 170 cm³/mol. The van der Waals surface area contributed by atoms with Crippen LogP contribution in [0.1, 0.15) is 67.6 Å². The first kappa shape index (κ1) is 29.4. The summed E-state index contributed by atoms with van der Waals surface area (Å²) in [5.74, 6) is -0.791. The lowest BCUT2D eigenvalue weighted by Crippen LogP contribution is -2.48. The number of ether oxygens (including phenoxy) is 1. The first-order valence-electron chi connectivity index (χ1n) is 15.2. The van der Waals surface area contributed by atoms with Gasteiger partial charge in [0.2, 0.25) is 5.78 Å². The summed E-state index contributed by atoms with van der Waals surface area (Å²) >= 11 is 6.47. The highest BCUT2D eigenvalue weighted by atomic mass is 35.5. The standard InChI is InChI=1S/C35H38ClN3O4/c1-22(2)39-18-15-26-19-25(9-13-31(26)39)23-5-7-24(8-6-23)34(41)35(42)37-30(21-38-16-3-4-17-38)33(40)27-10-14-32(29(36)20-27)43-28-11-12-28/h5-10,13-15,18-20,22,28,30,33,40H,3-4,11-12,16-17,21H2,1-2H3,(H,37,42)/t30-,33-/m1/s1. The third-order valence-electron chi connectivity index (χ3n) is 8.43. The third-order valence-corrected chi connectivity index (χ3v) is 8.73. The van der Waals surface area contributed by atoms with Gasteiger partial charge in [-0.25, -0.2) is 0 Å². The SMILES string of the molecule is CC(C)n1ccc2cc(-c3ccc(C(=O)C(=O)N[C@H](CN4CCCC4)[C@H](O)c4ccc(OC5CC5)c(Cl)c4)cc3)ccc21. The summed E-state index contributed by atoms with van der Waals surface area (Å²) in [6, 6.07) is 20.4. The van der Waals surface area contributed by atoms with E-state index < -0.39 is 23.8 Å². The van der Waals surface area contributed by atoms with Crippen LogP contribution in [-0.4, -0.2) is 58.0 Å². The molecule has 2 heterocycles. The van der Waals surface area contributed by atoms with E-state index in [1.165, 1.54) is 5.52 Å². The minimum atomic E-state index is -1.05. The lowest BCUT2D eigenvalue weighted by atomic mass is 9.99. The summed E-state index contributed by atoms with van der Waals surface area (Å²) in [7, 11) is 0. The number of aliphatic hydroxyl groups is 1. The van der Waals surface area contributed by atoms with Gasteiger partial charge in [-0.1, -0.05) is 48.0 Å². The maximum atomic E-state index is 13.2. The van der Waals surface area contributed by atoms with E-state index in [4.69, 9.17) is 16.3 Å². The second-order valence-corrected chi connectivity index (χ2v) is 12.4. The Morgan fingerprint density at radius 1 is 0.977 bits per heavy atom. The normalized spacial score (nSPS) is 16.9. The van der Waals surface area contributed by atoms with Crippen molar-refractivity contribution in [3.05, 3.63) is 89.1 Å². The van der Waals surface area contributed by atoms with Crippen LogP contribution < -0.4 is 10.1 Å². The monoisotopic (exact) mass is 599 g/mol. The molecule has 0 spiro atoms. The Morgan fingerprint density at radius 2 is 1.70 bits per heavy atom. The molecule has 2 fully saturated rings. The molecule has 3 aromatic carbocycles. The molecule has 43 heavy (non-hydrogen) atoms. The van der Waals surface area contributed by atoms with Gasteiger partial charge in [0, 0.05) is 35.2 Å². The van der Waals surface area contributed by atoms with Crippen molar-refractivity contribution < 1.29 is 19.4 Å². The van der Waals surface area contributed by atoms with Crippen LogP contribution in [0.4, 0.5) is 0 Å². The van der Waals surface area contributed by atoms with Crippen LogP contribution >= 0.6 is 11.6 Å². The summed E-state index contributed by atoms with van der Waals surface area (Å²) in [6.45, 7) is 6.52. The van der Waals surface area contributed by atoms with E-state index in [1.54, 1.807) is 30.3 Å². The first-order chi connectivity index (χ1) is 20.8. The quantitative estimate of drug-likeness (QED) is 0.150. The van der Waals surface area contributed by atoms with Gasteiger partial charge >= 0.3 is 0 Å². The molecule has 2 aliphatic rings. The number of fused-ring (bicyclic) bond motifs is 1. The summed E-state index contributed by atoms with van der Waals surface area (Å²) in [4.78, 5) is 28.7. The highest BCUT2D eigenvalue weighted by Gasteiger charge is 2.30. The Kier molecular flexibility index (Phi) is 8.57. The van der Waals surface area contributed by atoms with E-state index in [0.717, 1.165) is 55.3 Å². The number of carbonyl (C=O) groups excluding carboxylic acids is 2. The molecule has 1 saturated heterocycles. The second kappa shape index (κ2) is 12.5. The number of Topliss-reactive ketones (excluding diaryl/α,β-unsaturated/α-hetero) is 1.